The van der Waals surface area contributed by atoms with E-state index in [0.29, 0.717) is 6.04 Å². The van der Waals surface area contributed by atoms with Crippen LogP contribution in [-0.4, -0.2) is 0 Å². The average Bonchev–Trinajstić information content (AvgIpc) is 2.27. The van der Waals surface area contributed by atoms with Crippen molar-refractivity contribution in [3.05, 3.63) is 55.1 Å². The number of benzene rings is 2. The van der Waals surface area contributed by atoms with E-state index in [0.717, 1.165) is 0 Å². The normalized spacial score (nSPS) is 13.0. The molecule has 0 unspecified atom stereocenters. The van der Waals surface area contributed by atoms with Crippen molar-refractivity contribution in [1.82, 2.24) is 5.32 Å². The Morgan fingerprint density at radius 1 is 1.07 bits per heavy atom. The monoisotopic (exact) mass is 184 g/mol. The molecule has 2 rings (SSSR count). The Morgan fingerprint density at radius 2 is 1.79 bits per heavy atom. The van der Waals surface area contributed by atoms with Gasteiger partial charge in [-0.1, -0.05) is 42.5 Å². The van der Waals surface area contributed by atoms with Crippen molar-refractivity contribution in [3.8, 4) is 0 Å². The first-order valence-corrected chi connectivity index (χ1v) is 4.83. The molecule has 0 amide bonds. The maximum Gasteiger partial charge on any atom is 0.0298 e. The molecule has 0 aliphatic carbocycles. The third-order valence-corrected chi connectivity index (χ3v) is 2.60. The minimum atomic E-state index is 0.293. The fourth-order valence-corrected chi connectivity index (χ4v) is 1.74. The Kier molecular flexibility index (Phi) is 2.51. The van der Waals surface area contributed by atoms with E-state index < -0.39 is 0 Å². The molecule has 14 heavy (non-hydrogen) atoms. The second kappa shape index (κ2) is 3.81. The molecule has 2 aromatic rings. The first-order chi connectivity index (χ1) is 6.83. The Labute approximate surface area is 84.8 Å². The van der Waals surface area contributed by atoms with Gasteiger partial charge in [0.2, 0.25) is 0 Å². The molecule has 1 nitrogen and oxygen atoms in total. The molecular formula is C13H14N. The van der Waals surface area contributed by atoms with Crippen molar-refractivity contribution >= 4 is 10.8 Å². The van der Waals surface area contributed by atoms with Crippen LogP contribution in [0.25, 0.3) is 10.8 Å². The molecule has 0 spiro atoms. The summed E-state index contributed by atoms with van der Waals surface area (Å²) in [5, 5.41) is 5.61. The van der Waals surface area contributed by atoms with Gasteiger partial charge in [0, 0.05) is 13.1 Å². The SMILES string of the molecule is [CH2]N[C@H](C)c1cccc2ccccc12. The average molecular weight is 184 g/mol. The van der Waals surface area contributed by atoms with Gasteiger partial charge in [-0.2, -0.15) is 0 Å². The predicted molar refractivity (Wildman–Crippen MR) is 60.9 cm³/mol. The van der Waals surface area contributed by atoms with E-state index in [-0.39, 0.29) is 0 Å². The fraction of sp³-hybridized carbons (Fsp3) is 0.154. The molecular weight excluding hydrogens is 170 g/mol. The summed E-state index contributed by atoms with van der Waals surface area (Å²) in [5.74, 6) is 0. The van der Waals surface area contributed by atoms with E-state index >= 15 is 0 Å². The van der Waals surface area contributed by atoms with Gasteiger partial charge in [-0.3, -0.25) is 0 Å². The van der Waals surface area contributed by atoms with Crippen LogP contribution >= 0.6 is 0 Å². The van der Waals surface area contributed by atoms with Gasteiger partial charge < -0.3 is 5.32 Å². The standard InChI is InChI=1S/C13H14N/c1-10(14-2)12-9-5-7-11-6-3-4-8-13(11)12/h3-10,14H,2H2,1H3/t10-/m1/s1. The molecule has 0 saturated carbocycles. The third-order valence-electron chi connectivity index (χ3n) is 2.60. The molecule has 0 aliphatic heterocycles. The largest absolute Gasteiger partial charge is 0.309 e. The van der Waals surface area contributed by atoms with Gasteiger partial charge >= 0.3 is 0 Å². The quantitative estimate of drug-likeness (QED) is 0.755. The Bertz CT molecular complexity index is 429. The molecule has 1 atom stereocenters. The lowest BCUT2D eigenvalue weighted by atomic mass is 10.00. The van der Waals surface area contributed by atoms with E-state index in [1.54, 1.807) is 0 Å². The first kappa shape index (κ1) is 9.22. The van der Waals surface area contributed by atoms with Crippen molar-refractivity contribution in [1.29, 1.82) is 0 Å². The summed E-state index contributed by atoms with van der Waals surface area (Å²) in [6, 6.07) is 15.1. The molecule has 0 bridgehead atoms. The van der Waals surface area contributed by atoms with Crippen LogP contribution in [-0.2, 0) is 0 Å². The molecule has 1 radical (unpaired) electrons. The van der Waals surface area contributed by atoms with E-state index in [9.17, 15) is 0 Å². The molecule has 1 heteroatoms. The number of hydrogen-bond acceptors (Lipinski definition) is 1. The molecule has 71 valence electrons. The van der Waals surface area contributed by atoms with Crippen molar-refractivity contribution in [3.63, 3.8) is 0 Å². The van der Waals surface area contributed by atoms with Crippen LogP contribution in [0.3, 0.4) is 0 Å². The van der Waals surface area contributed by atoms with Crippen LogP contribution in [0.4, 0.5) is 0 Å². The topological polar surface area (TPSA) is 12.0 Å². The smallest absolute Gasteiger partial charge is 0.0298 e. The highest BCUT2D eigenvalue weighted by molar-refractivity contribution is 5.86. The highest BCUT2D eigenvalue weighted by Crippen LogP contribution is 2.23. The lowest BCUT2D eigenvalue weighted by molar-refractivity contribution is 0.688. The molecule has 2 aromatic carbocycles. The summed E-state index contributed by atoms with van der Waals surface area (Å²) in [5.41, 5.74) is 1.30. The number of rotatable bonds is 2. The van der Waals surface area contributed by atoms with Gasteiger partial charge in [-0.05, 0) is 23.3 Å². The minimum Gasteiger partial charge on any atom is -0.309 e. The third kappa shape index (κ3) is 1.51. The van der Waals surface area contributed by atoms with Crippen LogP contribution < -0.4 is 5.32 Å². The van der Waals surface area contributed by atoms with Crippen LogP contribution in [0, 0.1) is 7.05 Å². The maximum absolute atomic E-state index is 3.72. The summed E-state index contributed by atoms with van der Waals surface area (Å²) < 4.78 is 0. The van der Waals surface area contributed by atoms with Crippen LogP contribution in [0.1, 0.15) is 18.5 Å². The van der Waals surface area contributed by atoms with Crippen molar-refractivity contribution in [2.45, 2.75) is 13.0 Å². The summed E-state index contributed by atoms with van der Waals surface area (Å²) in [6.07, 6.45) is 0. The number of hydrogen-bond donors (Lipinski definition) is 1. The molecule has 1 N–H and O–H groups in total. The lowest BCUT2D eigenvalue weighted by Crippen LogP contribution is -2.10. The lowest BCUT2D eigenvalue weighted by Gasteiger charge is -2.13. The zero-order valence-corrected chi connectivity index (χ0v) is 8.33. The maximum atomic E-state index is 3.72. The van der Waals surface area contributed by atoms with Crippen LogP contribution in [0.5, 0.6) is 0 Å². The highest BCUT2D eigenvalue weighted by Gasteiger charge is 2.05. The fourth-order valence-electron chi connectivity index (χ4n) is 1.74. The summed E-state index contributed by atoms with van der Waals surface area (Å²) in [7, 11) is 3.72. The van der Waals surface area contributed by atoms with Gasteiger partial charge in [0.1, 0.15) is 0 Å². The number of nitrogens with one attached hydrogen (secondary N) is 1. The van der Waals surface area contributed by atoms with E-state index in [1.807, 2.05) is 0 Å². The van der Waals surface area contributed by atoms with Crippen LogP contribution in [0.2, 0.25) is 0 Å². The molecule has 0 saturated heterocycles. The van der Waals surface area contributed by atoms with Gasteiger partial charge in [-0.15, -0.1) is 0 Å². The zero-order valence-electron chi connectivity index (χ0n) is 8.33. The van der Waals surface area contributed by atoms with Gasteiger partial charge in [0.25, 0.3) is 0 Å². The van der Waals surface area contributed by atoms with Gasteiger partial charge in [0.15, 0.2) is 0 Å². The zero-order chi connectivity index (χ0) is 9.97. The van der Waals surface area contributed by atoms with Gasteiger partial charge in [-0.25, -0.2) is 0 Å². The van der Waals surface area contributed by atoms with Crippen molar-refractivity contribution in [2.75, 3.05) is 0 Å². The van der Waals surface area contributed by atoms with Crippen LogP contribution in [0.15, 0.2) is 42.5 Å². The molecule has 0 aliphatic rings. The second-order valence-corrected chi connectivity index (χ2v) is 3.49. The van der Waals surface area contributed by atoms with Crippen molar-refractivity contribution < 1.29 is 0 Å². The first-order valence-electron chi connectivity index (χ1n) is 4.83. The minimum absolute atomic E-state index is 0.293. The highest BCUT2D eigenvalue weighted by atomic mass is 14.8. The Balaban J connectivity index is 2.65. The van der Waals surface area contributed by atoms with Gasteiger partial charge in [0.05, 0.1) is 0 Å². The number of fused-ring (bicyclic) bond motifs is 1. The van der Waals surface area contributed by atoms with E-state index in [1.165, 1.54) is 16.3 Å². The molecule has 0 aromatic heterocycles. The summed E-state index contributed by atoms with van der Waals surface area (Å²) in [4.78, 5) is 0. The second-order valence-electron chi connectivity index (χ2n) is 3.49. The van der Waals surface area contributed by atoms with Crippen molar-refractivity contribution in [2.24, 2.45) is 0 Å². The summed E-state index contributed by atoms with van der Waals surface area (Å²) in [6.45, 7) is 2.12. The summed E-state index contributed by atoms with van der Waals surface area (Å²) >= 11 is 0. The Morgan fingerprint density at radius 3 is 2.57 bits per heavy atom. The predicted octanol–water partition coefficient (Wildman–Crippen LogP) is 3.28. The van der Waals surface area contributed by atoms with E-state index in [2.05, 4.69) is 61.8 Å². The Hall–Kier alpha value is -1.34. The molecule has 0 fully saturated rings. The molecule has 0 heterocycles. The van der Waals surface area contributed by atoms with E-state index in [4.69, 9.17) is 0 Å².